The second-order valence-electron chi connectivity index (χ2n) is 4.36. The quantitative estimate of drug-likeness (QED) is 0.645. The van der Waals surface area contributed by atoms with Gasteiger partial charge < -0.3 is 5.32 Å². The maximum Gasteiger partial charge on any atom is 0.212 e. The third kappa shape index (κ3) is 4.78. The minimum atomic E-state index is -3.11. The van der Waals surface area contributed by atoms with Crippen LogP contribution in [0.5, 0.6) is 0 Å². The van der Waals surface area contributed by atoms with Crippen LogP contribution in [-0.2, 0) is 10.0 Å². The maximum atomic E-state index is 11.5. The van der Waals surface area contributed by atoms with Crippen molar-refractivity contribution >= 4 is 10.0 Å². The highest BCUT2D eigenvalue weighted by Gasteiger charge is 2.19. The second kappa shape index (κ2) is 6.54. The van der Waals surface area contributed by atoms with Gasteiger partial charge in [-0.15, -0.1) is 0 Å². The number of hydrogen-bond acceptors (Lipinski definition) is 4. The summed E-state index contributed by atoms with van der Waals surface area (Å²) >= 11 is 0. The second-order valence-corrected chi connectivity index (χ2v) is 6.29. The number of sulfonamides is 1. The van der Waals surface area contributed by atoms with Crippen LogP contribution < -0.4 is 10.0 Å². The Balaban J connectivity index is 2.27. The van der Waals surface area contributed by atoms with Gasteiger partial charge in [0.05, 0.1) is 5.75 Å². The molecule has 0 radical (unpaired) electrons. The molecular weight excluding hydrogens is 226 g/mol. The Kier molecular flexibility index (Phi) is 5.68. The highest BCUT2D eigenvalue weighted by molar-refractivity contribution is 7.89. The first-order chi connectivity index (χ1) is 7.55. The van der Waals surface area contributed by atoms with Crippen molar-refractivity contribution in [3.8, 4) is 0 Å². The van der Waals surface area contributed by atoms with Gasteiger partial charge in [-0.1, -0.05) is 0 Å². The van der Waals surface area contributed by atoms with Crippen molar-refractivity contribution in [2.24, 2.45) is 0 Å². The molecule has 16 heavy (non-hydrogen) atoms. The van der Waals surface area contributed by atoms with Gasteiger partial charge in [0.25, 0.3) is 0 Å². The van der Waals surface area contributed by atoms with Crippen LogP contribution in [0.3, 0.4) is 0 Å². The van der Waals surface area contributed by atoms with Gasteiger partial charge in [-0.25, -0.2) is 13.1 Å². The van der Waals surface area contributed by atoms with Crippen molar-refractivity contribution < 1.29 is 8.42 Å². The summed E-state index contributed by atoms with van der Waals surface area (Å²) < 4.78 is 25.7. The van der Waals surface area contributed by atoms with Crippen LogP contribution in [0.25, 0.3) is 0 Å². The molecule has 1 aliphatic heterocycles. The molecule has 1 aliphatic rings. The summed E-state index contributed by atoms with van der Waals surface area (Å²) in [5, 5.41) is 2.84. The van der Waals surface area contributed by atoms with E-state index in [0.717, 1.165) is 13.1 Å². The van der Waals surface area contributed by atoms with E-state index in [-0.39, 0.29) is 5.75 Å². The Labute approximate surface area is 98.6 Å². The standard InChI is InChI=1S/C10H23N3O2S/c1-10(13-6-3-4-7-13)9-12-16(14,15)8-5-11-2/h10-12H,3-9H2,1-2H3. The minimum Gasteiger partial charge on any atom is -0.319 e. The van der Waals surface area contributed by atoms with Crippen molar-refractivity contribution in [3.63, 3.8) is 0 Å². The molecule has 0 aromatic carbocycles. The van der Waals surface area contributed by atoms with E-state index in [2.05, 4.69) is 21.9 Å². The Morgan fingerprint density at radius 3 is 2.50 bits per heavy atom. The predicted molar refractivity (Wildman–Crippen MR) is 66.0 cm³/mol. The Morgan fingerprint density at radius 2 is 1.94 bits per heavy atom. The third-order valence-corrected chi connectivity index (χ3v) is 4.33. The fraction of sp³-hybridized carbons (Fsp3) is 1.00. The zero-order chi connectivity index (χ0) is 12.0. The molecule has 0 amide bonds. The van der Waals surface area contributed by atoms with Gasteiger partial charge in [0.15, 0.2) is 0 Å². The molecule has 1 atom stereocenters. The topological polar surface area (TPSA) is 61.4 Å². The molecule has 1 fully saturated rings. The van der Waals surface area contributed by atoms with E-state index in [1.54, 1.807) is 7.05 Å². The van der Waals surface area contributed by atoms with Crippen molar-refractivity contribution in [1.82, 2.24) is 14.9 Å². The fourth-order valence-corrected chi connectivity index (χ4v) is 2.98. The summed E-state index contributed by atoms with van der Waals surface area (Å²) in [5.41, 5.74) is 0. The molecule has 1 unspecified atom stereocenters. The van der Waals surface area contributed by atoms with Gasteiger partial charge in [-0.3, -0.25) is 4.90 Å². The SMILES string of the molecule is CNCCS(=O)(=O)NCC(C)N1CCCC1. The first-order valence-electron chi connectivity index (χ1n) is 5.91. The van der Waals surface area contributed by atoms with Gasteiger partial charge in [0.1, 0.15) is 0 Å². The highest BCUT2D eigenvalue weighted by atomic mass is 32.2. The van der Waals surface area contributed by atoms with Crippen LogP contribution in [0, 0.1) is 0 Å². The molecule has 0 aromatic heterocycles. The van der Waals surface area contributed by atoms with E-state index in [1.807, 2.05) is 0 Å². The molecule has 2 N–H and O–H groups in total. The number of nitrogens with zero attached hydrogens (tertiary/aromatic N) is 1. The molecule has 5 nitrogen and oxygen atoms in total. The lowest BCUT2D eigenvalue weighted by Crippen LogP contribution is -2.42. The van der Waals surface area contributed by atoms with Crippen LogP contribution in [0.2, 0.25) is 0 Å². The molecule has 96 valence electrons. The van der Waals surface area contributed by atoms with Crippen molar-refractivity contribution in [2.75, 3.05) is 39.0 Å². The van der Waals surface area contributed by atoms with Crippen molar-refractivity contribution in [1.29, 1.82) is 0 Å². The average Bonchev–Trinajstić information content (AvgIpc) is 2.77. The van der Waals surface area contributed by atoms with Crippen LogP contribution in [0.1, 0.15) is 19.8 Å². The number of rotatable bonds is 7. The summed E-state index contributed by atoms with van der Waals surface area (Å²) in [6.07, 6.45) is 2.47. The van der Waals surface area contributed by atoms with E-state index in [9.17, 15) is 8.42 Å². The van der Waals surface area contributed by atoms with E-state index < -0.39 is 10.0 Å². The van der Waals surface area contributed by atoms with Gasteiger partial charge in [0.2, 0.25) is 10.0 Å². The molecule has 0 aliphatic carbocycles. The fourth-order valence-electron chi connectivity index (χ4n) is 1.87. The van der Waals surface area contributed by atoms with E-state index in [1.165, 1.54) is 12.8 Å². The lowest BCUT2D eigenvalue weighted by atomic mass is 10.3. The maximum absolute atomic E-state index is 11.5. The third-order valence-electron chi connectivity index (χ3n) is 2.98. The summed E-state index contributed by atoms with van der Waals surface area (Å²) in [4.78, 5) is 2.33. The highest BCUT2D eigenvalue weighted by Crippen LogP contribution is 2.10. The van der Waals surface area contributed by atoms with E-state index in [0.29, 0.717) is 19.1 Å². The zero-order valence-corrected chi connectivity index (χ0v) is 11.0. The van der Waals surface area contributed by atoms with Gasteiger partial charge in [-0.05, 0) is 39.9 Å². The van der Waals surface area contributed by atoms with Crippen molar-refractivity contribution in [3.05, 3.63) is 0 Å². The van der Waals surface area contributed by atoms with Crippen LogP contribution in [-0.4, -0.2) is 58.3 Å². The van der Waals surface area contributed by atoms with Gasteiger partial charge in [0, 0.05) is 19.1 Å². The molecule has 1 rings (SSSR count). The molecular formula is C10H23N3O2S. The molecule has 1 saturated heterocycles. The normalized spacial score (nSPS) is 20.1. The van der Waals surface area contributed by atoms with Crippen LogP contribution in [0.4, 0.5) is 0 Å². The molecule has 0 spiro atoms. The van der Waals surface area contributed by atoms with Gasteiger partial charge >= 0.3 is 0 Å². The molecule has 0 bridgehead atoms. The molecule has 1 heterocycles. The van der Waals surface area contributed by atoms with Crippen LogP contribution in [0.15, 0.2) is 0 Å². The number of hydrogen-bond donors (Lipinski definition) is 2. The molecule has 0 aromatic rings. The largest absolute Gasteiger partial charge is 0.319 e. The first-order valence-corrected chi connectivity index (χ1v) is 7.56. The zero-order valence-electron chi connectivity index (χ0n) is 10.2. The minimum absolute atomic E-state index is 0.149. The first kappa shape index (κ1) is 13.9. The van der Waals surface area contributed by atoms with Gasteiger partial charge in [-0.2, -0.15) is 0 Å². The Morgan fingerprint density at radius 1 is 1.31 bits per heavy atom. The Bertz CT molecular complexity index is 286. The van der Waals surface area contributed by atoms with Crippen molar-refractivity contribution in [2.45, 2.75) is 25.8 Å². The Hall–Kier alpha value is -0.170. The summed E-state index contributed by atoms with van der Waals surface area (Å²) in [7, 11) is -1.36. The monoisotopic (exact) mass is 249 g/mol. The summed E-state index contributed by atoms with van der Waals surface area (Å²) in [6, 6.07) is 0.298. The lowest BCUT2D eigenvalue weighted by Gasteiger charge is -2.23. The number of likely N-dealkylation sites (tertiary alicyclic amines) is 1. The number of nitrogens with one attached hydrogen (secondary N) is 2. The smallest absolute Gasteiger partial charge is 0.212 e. The molecule has 6 heteroatoms. The summed E-state index contributed by atoms with van der Waals surface area (Å²) in [6.45, 7) is 5.28. The van der Waals surface area contributed by atoms with E-state index >= 15 is 0 Å². The average molecular weight is 249 g/mol. The predicted octanol–water partition coefficient (Wildman–Crippen LogP) is -0.390. The lowest BCUT2D eigenvalue weighted by molar-refractivity contribution is 0.260. The van der Waals surface area contributed by atoms with Crippen LogP contribution >= 0.6 is 0 Å². The summed E-state index contributed by atoms with van der Waals surface area (Å²) in [5.74, 6) is 0.149. The molecule has 0 saturated carbocycles. The van der Waals surface area contributed by atoms with E-state index in [4.69, 9.17) is 0 Å².